The number of para-hydroxylation sites is 2. The Bertz CT molecular complexity index is 2110. The van der Waals surface area contributed by atoms with E-state index in [-0.39, 0.29) is 56.4 Å². The normalized spacial score (nSPS) is 11.5. The second-order valence-electron chi connectivity index (χ2n) is 10.9. The molecule has 51 heavy (non-hydrogen) atoms. The monoisotopic (exact) mass is 707 g/mol. The molecule has 15 heteroatoms. The number of halogens is 2. The molecule has 0 spiro atoms. The van der Waals surface area contributed by atoms with Crippen molar-refractivity contribution in [3.63, 3.8) is 0 Å². The minimum absolute atomic E-state index is 0.0167. The van der Waals surface area contributed by atoms with Crippen molar-refractivity contribution in [2.45, 2.75) is 13.2 Å². The quantitative estimate of drug-likeness (QED) is 0.0750. The van der Waals surface area contributed by atoms with E-state index in [9.17, 15) is 33.1 Å². The lowest BCUT2D eigenvalue weighted by Crippen LogP contribution is -2.36. The van der Waals surface area contributed by atoms with E-state index in [4.69, 9.17) is 28.1 Å². The van der Waals surface area contributed by atoms with Crippen molar-refractivity contribution < 1.29 is 61.1 Å². The summed E-state index contributed by atoms with van der Waals surface area (Å²) in [5.41, 5.74) is -0.218. The van der Waals surface area contributed by atoms with Crippen LogP contribution < -0.4 is 24.5 Å². The van der Waals surface area contributed by atoms with Crippen molar-refractivity contribution in [2.75, 3.05) is 45.9 Å². The maximum absolute atomic E-state index is 14.8. The number of nitrogens with zero attached hydrogens (tertiary/aromatic N) is 1. The SMILES string of the molecule is COC(=O)COc1ccccc1OC(C)Oc1cc(-c2c3cc(F)c(=O)cc-3oc3cc(O)c(F)cc23)ccc1N(CC(=O)OC)CC(=O)OC. The minimum Gasteiger partial charge on any atom is -0.505 e. The molecular formula is C36H31F2NO12. The molecule has 1 aliphatic heterocycles. The van der Waals surface area contributed by atoms with Crippen LogP contribution in [0.2, 0.25) is 0 Å². The average molecular weight is 708 g/mol. The number of hydrogen-bond acceptors (Lipinski definition) is 13. The maximum Gasteiger partial charge on any atom is 0.343 e. The van der Waals surface area contributed by atoms with Gasteiger partial charge in [0.25, 0.3) is 0 Å². The molecule has 266 valence electrons. The number of methoxy groups -OCH3 is 3. The predicted octanol–water partition coefficient (Wildman–Crippen LogP) is 5.06. The third-order valence-corrected chi connectivity index (χ3v) is 7.53. The summed E-state index contributed by atoms with van der Waals surface area (Å²) in [4.78, 5) is 50.1. The molecule has 0 bridgehead atoms. The fourth-order valence-electron chi connectivity index (χ4n) is 5.15. The Morgan fingerprint density at radius 1 is 0.804 bits per heavy atom. The first-order valence-corrected chi connectivity index (χ1v) is 15.2. The molecule has 5 rings (SSSR count). The van der Waals surface area contributed by atoms with Gasteiger partial charge in [0.05, 0.1) is 27.0 Å². The van der Waals surface area contributed by atoms with Gasteiger partial charge in [-0.25, -0.2) is 13.6 Å². The van der Waals surface area contributed by atoms with Crippen LogP contribution in [0.1, 0.15) is 6.92 Å². The average Bonchev–Trinajstić information content (AvgIpc) is 3.11. The lowest BCUT2D eigenvalue weighted by Gasteiger charge is -2.27. The molecule has 3 aromatic rings. The van der Waals surface area contributed by atoms with Gasteiger partial charge in [0.15, 0.2) is 35.5 Å². The van der Waals surface area contributed by atoms with Crippen molar-refractivity contribution in [3.05, 3.63) is 88.6 Å². The lowest BCUT2D eigenvalue weighted by atomic mass is 9.93. The number of anilines is 1. The highest BCUT2D eigenvalue weighted by Gasteiger charge is 2.26. The van der Waals surface area contributed by atoms with E-state index < -0.39 is 66.7 Å². The van der Waals surface area contributed by atoms with Crippen LogP contribution in [-0.4, -0.2) is 70.3 Å². The number of aromatic hydroxyl groups is 1. The maximum atomic E-state index is 14.8. The van der Waals surface area contributed by atoms with Crippen LogP contribution in [0.25, 0.3) is 33.4 Å². The fourth-order valence-corrected chi connectivity index (χ4v) is 5.15. The van der Waals surface area contributed by atoms with E-state index >= 15 is 0 Å². The number of rotatable bonds is 13. The number of esters is 3. The van der Waals surface area contributed by atoms with Gasteiger partial charge in [0.1, 0.15) is 30.2 Å². The summed E-state index contributed by atoms with van der Waals surface area (Å²) >= 11 is 0. The predicted molar refractivity (Wildman–Crippen MR) is 177 cm³/mol. The first kappa shape index (κ1) is 35.9. The molecule has 13 nitrogen and oxygen atoms in total. The van der Waals surface area contributed by atoms with E-state index in [1.165, 1.54) is 51.4 Å². The summed E-state index contributed by atoms with van der Waals surface area (Å²) in [6.45, 7) is 0.304. The molecule has 1 heterocycles. The van der Waals surface area contributed by atoms with E-state index in [0.29, 0.717) is 0 Å². The zero-order chi connectivity index (χ0) is 36.8. The molecule has 0 saturated heterocycles. The molecule has 2 aliphatic rings. The van der Waals surface area contributed by atoms with Crippen LogP contribution in [-0.2, 0) is 28.6 Å². The Kier molecular flexibility index (Phi) is 10.9. The van der Waals surface area contributed by atoms with E-state index in [1.807, 2.05) is 0 Å². The molecule has 1 aliphatic carbocycles. The van der Waals surface area contributed by atoms with Crippen molar-refractivity contribution >= 4 is 34.6 Å². The number of benzene rings is 4. The number of ether oxygens (including phenoxy) is 6. The van der Waals surface area contributed by atoms with Gasteiger partial charge in [0.2, 0.25) is 11.7 Å². The lowest BCUT2D eigenvalue weighted by molar-refractivity contribution is -0.143. The topological polar surface area (TPSA) is 160 Å². The number of fused-ring (bicyclic) bond motifs is 2. The molecule has 0 aromatic heterocycles. The Morgan fingerprint density at radius 2 is 1.45 bits per heavy atom. The first-order valence-electron chi connectivity index (χ1n) is 15.2. The second-order valence-corrected chi connectivity index (χ2v) is 10.9. The van der Waals surface area contributed by atoms with Gasteiger partial charge < -0.3 is 42.8 Å². The molecule has 1 atom stereocenters. The Morgan fingerprint density at radius 3 is 2.12 bits per heavy atom. The molecule has 1 N–H and O–H groups in total. The van der Waals surface area contributed by atoms with E-state index in [0.717, 1.165) is 24.3 Å². The van der Waals surface area contributed by atoms with Crippen LogP contribution in [0.15, 0.2) is 75.9 Å². The van der Waals surface area contributed by atoms with Crippen molar-refractivity contribution in [1.29, 1.82) is 0 Å². The standard InChI is InChI=1S/C36H31F2NO12/c1-19(49-29-8-6-5-7-28(29)48-18-35(44)47-4)50-32-11-20(9-10-25(32)39(16-33(42)45-2)17-34(43)46-3)36-21-12-23(37)26(40)14-30(21)51-31-15-27(41)24(38)13-22(31)36/h5-15,19,40H,16-18H2,1-4H3. The summed E-state index contributed by atoms with van der Waals surface area (Å²) in [6, 6.07) is 14.9. The summed E-state index contributed by atoms with van der Waals surface area (Å²) in [5.74, 6) is -4.48. The molecular weight excluding hydrogens is 676 g/mol. The van der Waals surface area contributed by atoms with Crippen molar-refractivity contribution in [3.8, 4) is 45.4 Å². The fraction of sp³-hybridized carbons (Fsp3) is 0.222. The Labute approximate surface area is 288 Å². The summed E-state index contributed by atoms with van der Waals surface area (Å²) in [5, 5.41) is 10.2. The molecule has 0 radical (unpaired) electrons. The van der Waals surface area contributed by atoms with Gasteiger partial charge in [-0.05, 0) is 42.0 Å². The first-order chi connectivity index (χ1) is 24.4. The van der Waals surface area contributed by atoms with Crippen LogP contribution in [0.3, 0.4) is 0 Å². The van der Waals surface area contributed by atoms with Gasteiger partial charge in [-0.3, -0.25) is 14.4 Å². The molecule has 0 fully saturated rings. The zero-order valence-electron chi connectivity index (χ0n) is 27.7. The largest absolute Gasteiger partial charge is 0.505 e. The third kappa shape index (κ3) is 8.09. The summed E-state index contributed by atoms with van der Waals surface area (Å²) < 4.78 is 67.4. The van der Waals surface area contributed by atoms with Crippen LogP contribution >= 0.6 is 0 Å². The van der Waals surface area contributed by atoms with Gasteiger partial charge in [-0.15, -0.1) is 0 Å². The van der Waals surface area contributed by atoms with Gasteiger partial charge in [-0.1, -0.05) is 18.2 Å². The molecule has 0 saturated carbocycles. The van der Waals surface area contributed by atoms with Gasteiger partial charge in [0, 0.05) is 35.6 Å². The number of hydrogen-bond donors (Lipinski definition) is 1. The summed E-state index contributed by atoms with van der Waals surface area (Å²) in [7, 11) is 3.57. The Balaban J connectivity index is 1.67. The number of carbonyl (C=O) groups is 3. The van der Waals surface area contributed by atoms with Gasteiger partial charge in [-0.2, -0.15) is 0 Å². The van der Waals surface area contributed by atoms with Gasteiger partial charge >= 0.3 is 17.9 Å². The minimum atomic E-state index is -1.12. The third-order valence-electron chi connectivity index (χ3n) is 7.53. The smallest absolute Gasteiger partial charge is 0.343 e. The Hall–Kier alpha value is -6.38. The van der Waals surface area contributed by atoms with Crippen LogP contribution in [0.5, 0.6) is 23.0 Å². The number of carbonyl (C=O) groups excluding carboxylic acids is 3. The van der Waals surface area contributed by atoms with Crippen LogP contribution in [0, 0.1) is 11.6 Å². The van der Waals surface area contributed by atoms with Crippen molar-refractivity contribution in [2.24, 2.45) is 0 Å². The van der Waals surface area contributed by atoms with E-state index in [2.05, 4.69) is 4.74 Å². The number of phenolic OH excluding ortho intramolecular Hbond substituents is 1. The van der Waals surface area contributed by atoms with Crippen molar-refractivity contribution in [1.82, 2.24) is 0 Å². The highest BCUT2D eigenvalue weighted by molar-refractivity contribution is 6.02. The number of phenols is 1. The molecule has 1 unspecified atom stereocenters. The van der Waals surface area contributed by atoms with E-state index in [1.54, 1.807) is 24.3 Å². The highest BCUT2D eigenvalue weighted by atomic mass is 19.1. The second kappa shape index (κ2) is 15.4. The molecule has 0 amide bonds. The highest BCUT2D eigenvalue weighted by Crippen LogP contribution is 2.44. The zero-order valence-corrected chi connectivity index (χ0v) is 27.7. The summed E-state index contributed by atoms with van der Waals surface area (Å²) in [6.07, 6.45) is -1.12. The van der Waals surface area contributed by atoms with Crippen LogP contribution in [0.4, 0.5) is 14.5 Å². The molecule has 3 aromatic carbocycles.